The van der Waals surface area contributed by atoms with Crippen LogP contribution in [0.1, 0.15) is 0 Å². The molecule has 0 atom stereocenters. The monoisotopic (exact) mass is 262 g/mol. The van der Waals surface area contributed by atoms with Crippen molar-refractivity contribution in [2.75, 3.05) is 0 Å². The van der Waals surface area contributed by atoms with Gasteiger partial charge in [-0.25, -0.2) is 0 Å². The molecule has 17 heavy (non-hydrogen) atoms. The molecule has 0 saturated heterocycles. The van der Waals surface area contributed by atoms with E-state index in [9.17, 15) is 13.2 Å². The van der Waals surface area contributed by atoms with Crippen LogP contribution in [-0.2, 0) is 0 Å². The number of aromatic nitrogens is 2. The molecule has 2 rings (SSSR count). The van der Waals surface area contributed by atoms with Crippen molar-refractivity contribution in [1.82, 2.24) is 10.2 Å². The van der Waals surface area contributed by atoms with Gasteiger partial charge in [-0.2, -0.15) is 5.10 Å². The first-order valence-corrected chi connectivity index (χ1v) is 4.88. The Hall–Kier alpha value is -1.69. The van der Waals surface area contributed by atoms with E-state index in [0.29, 0.717) is 10.6 Å². The Balaban J connectivity index is 2.37. The first-order valence-electron chi connectivity index (χ1n) is 4.51. The number of H-pyrrole nitrogens is 1. The van der Waals surface area contributed by atoms with Crippen LogP contribution in [-0.4, -0.2) is 16.6 Å². The molecule has 90 valence electrons. The Labute approximate surface area is 99.2 Å². The Bertz CT molecular complexity index is 524. The van der Waals surface area contributed by atoms with Gasteiger partial charge in [-0.15, -0.1) is 13.2 Å². The summed E-state index contributed by atoms with van der Waals surface area (Å²) >= 11 is 5.75. The van der Waals surface area contributed by atoms with E-state index in [1.165, 1.54) is 6.07 Å². The maximum Gasteiger partial charge on any atom is 0.573 e. The lowest BCUT2D eigenvalue weighted by Crippen LogP contribution is -2.17. The van der Waals surface area contributed by atoms with Crippen molar-refractivity contribution in [3.63, 3.8) is 0 Å². The molecule has 1 heterocycles. The zero-order valence-electron chi connectivity index (χ0n) is 8.25. The standard InChI is InChI=1S/C10H6ClF3N2O/c11-7-3-1-2-6(4-7)9-8(5-15-16-9)17-10(12,13)14/h1-5H,(H,15,16). The number of halogens is 4. The van der Waals surface area contributed by atoms with E-state index in [2.05, 4.69) is 14.9 Å². The fourth-order valence-corrected chi connectivity index (χ4v) is 1.52. The van der Waals surface area contributed by atoms with E-state index in [0.717, 1.165) is 6.20 Å². The van der Waals surface area contributed by atoms with E-state index in [4.69, 9.17) is 11.6 Å². The molecular formula is C10H6ClF3N2O. The number of benzene rings is 1. The number of aromatic amines is 1. The van der Waals surface area contributed by atoms with Crippen molar-refractivity contribution < 1.29 is 17.9 Å². The molecule has 1 N–H and O–H groups in total. The second-order valence-electron chi connectivity index (χ2n) is 3.17. The summed E-state index contributed by atoms with van der Waals surface area (Å²) in [6.07, 6.45) is -3.79. The summed E-state index contributed by atoms with van der Waals surface area (Å²) in [5, 5.41) is 6.37. The van der Waals surface area contributed by atoms with Crippen LogP contribution in [0.5, 0.6) is 5.75 Å². The number of hydrogen-bond donors (Lipinski definition) is 1. The summed E-state index contributed by atoms with van der Waals surface area (Å²) in [5.41, 5.74) is 0.596. The normalized spacial score (nSPS) is 11.5. The molecule has 1 aromatic heterocycles. The fourth-order valence-electron chi connectivity index (χ4n) is 1.33. The SMILES string of the molecule is FC(F)(F)Oc1cn[nH]c1-c1cccc(Cl)c1. The van der Waals surface area contributed by atoms with Crippen molar-refractivity contribution in [3.05, 3.63) is 35.5 Å². The van der Waals surface area contributed by atoms with Crippen LogP contribution >= 0.6 is 11.6 Å². The maximum absolute atomic E-state index is 12.1. The van der Waals surface area contributed by atoms with Gasteiger partial charge in [0.1, 0.15) is 5.69 Å². The molecule has 0 aliphatic carbocycles. The summed E-state index contributed by atoms with van der Waals surface area (Å²) in [7, 11) is 0. The van der Waals surface area contributed by atoms with Gasteiger partial charge in [0, 0.05) is 10.6 Å². The quantitative estimate of drug-likeness (QED) is 0.897. The lowest BCUT2D eigenvalue weighted by atomic mass is 10.1. The molecule has 0 aliphatic rings. The summed E-state index contributed by atoms with van der Waals surface area (Å²) < 4.78 is 40.1. The largest absolute Gasteiger partial charge is 0.573 e. The van der Waals surface area contributed by atoms with E-state index < -0.39 is 6.36 Å². The van der Waals surface area contributed by atoms with Crippen molar-refractivity contribution in [2.45, 2.75) is 6.36 Å². The van der Waals surface area contributed by atoms with Crippen molar-refractivity contribution in [1.29, 1.82) is 0 Å². The zero-order chi connectivity index (χ0) is 12.5. The molecule has 3 nitrogen and oxygen atoms in total. The molecule has 1 aromatic carbocycles. The van der Waals surface area contributed by atoms with Gasteiger partial charge in [-0.05, 0) is 12.1 Å². The molecule has 0 saturated carbocycles. The molecular weight excluding hydrogens is 257 g/mol. The van der Waals surface area contributed by atoms with Crippen LogP contribution in [0, 0.1) is 0 Å². The highest BCUT2D eigenvalue weighted by Gasteiger charge is 2.32. The van der Waals surface area contributed by atoms with Gasteiger partial charge < -0.3 is 4.74 Å². The molecule has 0 aliphatic heterocycles. The maximum atomic E-state index is 12.1. The van der Waals surface area contributed by atoms with Gasteiger partial charge in [0.25, 0.3) is 0 Å². The lowest BCUT2D eigenvalue weighted by Gasteiger charge is -2.08. The second kappa shape index (κ2) is 4.29. The minimum absolute atomic E-state index is 0.129. The lowest BCUT2D eigenvalue weighted by molar-refractivity contribution is -0.274. The van der Waals surface area contributed by atoms with Crippen LogP contribution in [0.25, 0.3) is 11.3 Å². The predicted octanol–water partition coefficient (Wildman–Crippen LogP) is 3.63. The molecule has 0 spiro atoms. The Morgan fingerprint density at radius 1 is 1.29 bits per heavy atom. The molecule has 2 aromatic rings. The predicted molar refractivity (Wildman–Crippen MR) is 55.7 cm³/mol. The molecule has 7 heteroatoms. The smallest absolute Gasteiger partial charge is 0.402 e. The average Bonchev–Trinajstić information content (AvgIpc) is 2.63. The van der Waals surface area contributed by atoms with Gasteiger partial charge in [0.15, 0.2) is 5.75 Å². The number of alkyl halides is 3. The topological polar surface area (TPSA) is 37.9 Å². The minimum atomic E-state index is -4.75. The fraction of sp³-hybridized carbons (Fsp3) is 0.100. The number of ether oxygens (including phenoxy) is 1. The molecule has 0 amide bonds. The molecule has 0 bridgehead atoms. The van der Waals surface area contributed by atoms with Crippen LogP contribution in [0.2, 0.25) is 5.02 Å². The van der Waals surface area contributed by atoms with Crippen LogP contribution < -0.4 is 4.74 Å². The number of rotatable bonds is 2. The Morgan fingerprint density at radius 3 is 2.71 bits per heavy atom. The zero-order valence-corrected chi connectivity index (χ0v) is 9.01. The molecule has 0 fully saturated rings. The minimum Gasteiger partial charge on any atom is -0.402 e. The van der Waals surface area contributed by atoms with E-state index >= 15 is 0 Å². The number of nitrogens with zero attached hydrogens (tertiary/aromatic N) is 1. The van der Waals surface area contributed by atoms with Gasteiger partial charge in [0.05, 0.1) is 6.20 Å². The Morgan fingerprint density at radius 2 is 2.06 bits per heavy atom. The Kier molecular flexibility index (Phi) is 2.97. The highest BCUT2D eigenvalue weighted by atomic mass is 35.5. The van der Waals surface area contributed by atoms with Crippen molar-refractivity contribution in [2.24, 2.45) is 0 Å². The third kappa shape index (κ3) is 2.91. The summed E-state index contributed by atoms with van der Waals surface area (Å²) in [6, 6.07) is 6.35. The second-order valence-corrected chi connectivity index (χ2v) is 3.60. The highest BCUT2D eigenvalue weighted by molar-refractivity contribution is 6.30. The van der Waals surface area contributed by atoms with E-state index in [1.807, 2.05) is 0 Å². The van der Waals surface area contributed by atoms with Gasteiger partial charge >= 0.3 is 6.36 Å². The number of nitrogens with one attached hydrogen (secondary N) is 1. The third-order valence-corrected chi connectivity index (χ3v) is 2.18. The molecule has 0 unspecified atom stereocenters. The van der Waals surface area contributed by atoms with Gasteiger partial charge in [0.2, 0.25) is 0 Å². The van der Waals surface area contributed by atoms with Crippen molar-refractivity contribution >= 4 is 11.6 Å². The van der Waals surface area contributed by atoms with Gasteiger partial charge in [-0.1, -0.05) is 23.7 Å². The van der Waals surface area contributed by atoms with E-state index in [1.54, 1.807) is 18.2 Å². The van der Waals surface area contributed by atoms with Gasteiger partial charge in [-0.3, -0.25) is 5.10 Å². The first kappa shape index (κ1) is 11.8. The van der Waals surface area contributed by atoms with E-state index in [-0.39, 0.29) is 11.4 Å². The third-order valence-electron chi connectivity index (χ3n) is 1.94. The first-order chi connectivity index (χ1) is 7.96. The van der Waals surface area contributed by atoms with Crippen LogP contribution in [0.4, 0.5) is 13.2 Å². The summed E-state index contributed by atoms with van der Waals surface area (Å²) in [6.45, 7) is 0. The average molecular weight is 263 g/mol. The highest BCUT2D eigenvalue weighted by Crippen LogP contribution is 2.32. The van der Waals surface area contributed by atoms with Crippen LogP contribution in [0.3, 0.4) is 0 Å². The summed E-state index contributed by atoms with van der Waals surface area (Å²) in [4.78, 5) is 0. The van der Waals surface area contributed by atoms with Crippen molar-refractivity contribution in [3.8, 4) is 17.0 Å². The number of hydrogen-bond acceptors (Lipinski definition) is 2. The molecule has 0 radical (unpaired) electrons. The van der Waals surface area contributed by atoms with Crippen LogP contribution in [0.15, 0.2) is 30.5 Å². The summed E-state index contributed by atoms with van der Waals surface area (Å²) in [5.74, 6) is -0.389.